The Labute approximate surface area is 110 Å². The first-order valence-electron chi connectivity index (χ1n) is 5.20. The van der Waals surface area contributed by atoms with Crippen LogP contribution in [0, 0.1) is 11.6 Å². The summed E-state index contributed by atoms with van der Waals surface area (Å²) in [4.78, 5) is 11.8. The van der Waals surface area contributed by atoms with Crippen LogP contribution in [0.1, 0.15) is 10.4 Å². The molecule has 2 N–H and O–H groups in total. The molecule has 1 saturated heterocycles. The zero-order valence-electron chi connectivity index (χ0n) is 9.12. The fraction of sp³-hybridized carbons (Fsp3) is 0.364. The molecule has 1 aliphatic heterocycles. The van der Waals surface area contributed by atoms with E-state index in [1.165, 1.54) is 0 Å². The summed E-state index contributed by atoms with van der Waals surface area (Å²) in [7, 11) is 0. The topological polar surface area (TPSA) is 58.6 Å². The summed E-state index contributed by atoms with van der Waals surface area (Å²) >= 11 is 2.82. The molecule has 1 aliphatic rings. The second-order valence-corrected chi connectivity index (χ2v) is 4.79. The van der Waals surface area contributed by atoms with Crippen LogP contribution < -0.4 is 5.32 Å². The van der Waals surface area contributed by atoms with E-state index in [1.54, 1.807) is 0 Å². The number of aliphatic hydroxyl groups excluding tert-OH is 1. The molecule has 0 aliphatic carbocycles. The average Bonchev–Trinajstić information content (AvgIpc) is 2.69. The molecule has 4 nitrogen and oxygen atoms in total. The van der Waals surface area contributed by atoms with E-state index in [0.29, 0.717) is 0 Å². The van der Waals surface area contributed by atoms with E-state index < -0.39 is 35.3 Å². The van der Waals surface area contributed by atoms with Crippen molar-refractivity contribution in [2.75, 3.05) is 13.2 Å². The lowest BCUT2D eigenvalue weighted by Gasteiger charge is -2.15. The van der Waals surface area contributed by atoms with E-state index in [4.69, 9.17) is 4.74 Å². The Kier molecular flexibility index (Phi) is 3.94. The first-order valence-corrected chi connectivity index (χ1v) is 5.99. The van der Waals surface area contributed by atoms with Crippen molar-refractivity contribution in [3.8, 4) is 0 Å². The van der Waals surface area contributed by atoms with Gasteiger partial charge in [-0.25, -0.2) is 8.78 Å². The van der Waals surface area contributed by atoms with Crippen molar-refractivity contribution >= 4 is 21.8 Å². The molecular weight excluding hydrogens is 312 g/mol. The van der Waals surface area contributed by atoms with Crippen LogP contribution in [0.15, 0.2) is 16.6 Å². The summed E-state index contributed by atoms with van der Waals surface area (Å²) < 4.78 is 31.6. The maximum Gasteiger partial charge on any atom is 0.254 e. The Hall–Kier alpha value is -1.05. The van der Waals surface area contributed by atoms with Crippen molar-refractivity contribution in [2.45, 2.75) is 12.1 Å². The smallest absolute Gasteiger partial charge is 0.254 e. The molecule has 0 aromatic heterocycles. The number of carbonyl (C=O) groups excluding carboxylic acids is 1. The van der Waals surface area contributed by atoms with Gasteiger partial charge in [0, 0.05) is 0 Å². The third-order valence-corrected chi connectivity index (χ3v) is 3.18. The minimum Gasteiger partial charge on any atom is -0.388 e. The van der Waals surface area contributed by atoms with Crippen LogP contribution in [-0.4, -0.2) is 36.4 Å². The molecule has 0 radical (unpaired) electrons. The molecule has 1 amide bonds. The summed E-state index contributed by atoms with van der Waals surface area (Å²) in [5, 5.41) is 11.8. The first-order chi connectivity index (χ1) is 8.49. The molecular formula is C11H10BrF2NO3. The highest BCUT2D eigenvalue weighted by Gasteiger charge is 2.29. The van der Waals surface area contributed by atoms with E-state index in [2.05, 4.69) is 21.2 Å². The van der Waals surface area contributed by atoms with E-state index in [1.807, 2.05) is 0 Å². The number of amides is 1. The normalized spacial score (nSPS) is 23.1. The molecule has 0 bridgehead atoms. The van der Waals surface area contributed by atoms with Crippen molar-refractivity contribution in [3.63, 3.8) is 0 Å². The molecule has 2 rings (SSSR count). The van der Waals surface area contributed by atoms with Gasteiger partial charge in [0.05, 0.1) is 35.4 Å². The van der Waals surface area contributed by atoms with Crippen molar-refractivity contribution in [1.29, 1.82) is 0 Å². The second-order valence-electron chi connectivity index (χ2n) is 3.93. The van der Waals surface area contributed by atoms with E-state index in [0.717, 1.165) is 12.1 Å². The number of halogens is 3. The van der Waals surface area contributed by atoms with Crippen molar-refractivity contribution in [2.24, 2.45) is 0 Å². The van der Waals surface area contributed by atoms with Crippen LogP contribution in [0.3, 0.4) is 0 Å². The lowest BCUT2D eigenvalue weighted by Crippen LogP contribution is -2.42. The van der Waals surface area contributed by atoms with Gasteiger partial charge in [-0.15, -0.1) is 0 Å². The Morgan fingerprint density at radius 3 is 2.78 bits per heavy atom. The molecule has 18 heavy (non-hydrogen) atoms. The van der Waals surface area contributed by atoms with Gasteiger partial charge < -0.3 is 15.2 Å². The number of benzene rings is 1. The minimum atomic E-state index is -0.845. The Balaban J connectivity index is 2.18. The number of hydrogen-bond acceptors (Lipinski definition) is 3. The summed E-state index contributed by atoms with van der Waals surface area (Å²) in [5.74, 6) is -2.36. The SMILES string of the molecule is O=C(N[C@H]1COC[C@H]1O)c1cc(F)cc(Br)c1F. The number of ether oxygens (including phenoxy) is 1. The van der Waals surface area contributed by atoms with Gasteiger partial charge >= 0.3 is 0 Å². The van der Waals surface area contributed by atoms with Gasteiger partial charge in [0.1, 0.15) is 11.6 Å². The van der Waals surface area contributed by atoms with Crippen molar-refractivity contribution in [3.05, 3.63) is 33.8 Å². The molecule has 1 heterocycles. The number of hydrogen-bond donors (Lipinski definition) is 2. The Bertz CT molecular complexity index is 484. The highest BCUT2D eigenvalue weighted by molar-refractivity contribution is 9.10. The largest absolute Gasteiger partial charge is 0.388 e. The number of rotatable bonds is 2. The Morgan fingerprint density at radius 2 is 2.17 bits per heavy atom. The predicted octanol–water partition coefficient (Wildman–Crippen LogP) is 1.22. The lowest BCUT2D eigenvalue weighted by molar-refractivity contribution is 0.0882. The standard InChI is InChI=1S/C11H10BrF2NO3/c12-7-2-5(13)1-6(10(7)14)11(17)15-8-3-18-4-9(8)16/h1-2,8-9,16H,3-4H2,(H,15,17)/t8-,9+/m0/s1. The quantitative estimate of drug-likeness (QED) is 0.805. The highest BCUT2D eigenvalue weighted by atomic mass is 79.9. The van der Waals surface area contributed by atoms with Gasteiger partial charge in [-0.05, 0) is 28.1 Å². The molecule has 7 heteroatoms. The van der Waals surface area contributed by atoms with E-state index >= 15 is 0 Å². The minimum absolute atomic E-state index is 0.111. The zero-order chi connectivity index (χ0) is 13.3. The van der Waals surface area contributed by atoms with E-state index in [-0.39, 0.29) is 17.7 Å². The van der Waals surface area contributed by atoms with Crippen LogP contribution in [0.2, 0.25) is 0 Å². The van der Waals surface area contributed by atoms with Gasteiger partial charge in [0.2, 0.25) is 0 Å². The van der Waals surface area contributed by atoms with Crippen LogP contribution in [0.4, 0.5) is 8.78 Å². The molecule has 1 aromatic rings. The molecule has 1 fully saturated rings. The maximum absolute atomic E-state index is 13.6. The first kappa shape index (κ1) is 13.4. The predicted molar refractivity (Wildman–Crippen MR) is 62.1 cm³/mol. The van der Waals surface area contributed by atoms with Crippen LogP contribution in [-0.2, 0) is 4.74 Å². The number of nitrogens with one attached hydrogen (secondary N) is 1. The summed E-state index contributed by atoms with van der Waals surface area (Å²) in [6.07, 6.45) is -0.839. The monoisotopic (exact) mass is 321 g/mol. The van der Waals surface area contributed by atoms with Crippen LogP contribution >= 0.6 is 15.9 Å². The number of aliphatic hydroxyl groups is 1. The molecule has 2 atom stereocenters. The van der Waals surface area contributed by atoms with Crippen LogP contribution in [0.25, 0.3) is 0 Å². The summed E-state index contributed by atoms with van der Waals surface area (Å²) in [6.45, 7) is 0.255. The molecule has 1 aromatic carbocycles. The average molecular weight is 322 g/mol. The van der Waals surface area contributed by atoms with Crippen molar-refractivity contribution in [1.82, 2.24) is 5.32 Å². The van der Waals surface area contributed by atoms with Gasteiger partial charge in [0.25, 0.3) is 5.91 Å². The molecule has 0 saturated carbocycles. The zero-order valence-corrected chi connectivity index (χ0v) is 10.7. The van der Waals surface area contributed by atoms with Crippen LogP contribution in [0.5, 0.6) is 0 Å². The van der Waals surface area contributed by atoms with Gasteiger partial charge in [-0.2, -0.15) is 0 Å². The van der Waals surface area contributed by atoms with E-state index in [9.17, 15) is 18.7 Å². The van der Waals surface area contributed by atoms with Gasteiger partial charge in [0.15, 0.2) is 0 Å². The summed E-state index contributed by atoms with van der Waals surface area (Å²) in [5.41, 5.74) is -0.416. The maximum atomic E-state index is 13.6. The van der Waals surface area contributed by atoms with Crippen molar-refractivity contribution < 1.29 is 23.4 Å². The third kappa shape index (κ3) is 2.68. The second kappa shape index (κ2) is 5.29. The summed E-state index contributed by atoms with van der Waals surface area (Å²) in [6, 6.07) is 1.12. The number of carbonyl (C=O) groups is 1. The molecule has 98 valence electrons. The lowest BCUT2D eigenvalue weighted by atomic mass is 10.1. The fourth-order valence-corrected chi connectivity index (χ4v) is 2.08. The highest BCUT2D eigenvalue weighted by Crippen LogP contribution is 2.21. The van der Waals surface area contributed by atoms with Gasteiger partial charge in [-0.3, -0.25) is 4.79 Å². The van der Waals surface area contributed by atoms with Gasteiger partial charge in [-0.1, -0.05) is 0 Å². The molecule has 0 unspecified atom stereocenters. The Morgan fingerprint density at radius 1 is 1.44 bits per heavy atom. The fourth-order valence-electron chi connectivity index (χ4n) is 1.65. The third-order valence-electron chi connectivity index (χ3n) is 2.60. The molecule has 0 spiro atoms.